The Morgan fingerprint density at radius 2 is 1.46 bits per heavy atom. The fourth-order valence-corrected chi connectivity index (χ4v) is 2.48. The molecule has 0 aliphatic carbocycles. The second kappa shape index (κ2) is 9.85. The van der Waals surface area contributed by atoms with Crippen molar-refractivity contribution in [3.8, 4) is 5.75 Å². The van der Waals surface area contributed by atoms with Crippen molar-refractivity contribution >= 4 is 40.5 Å². The van der Waals surface area contributed by atoms with Crippen molar-refractivity contribution < 1.29 is 14.3 Å². The molecule has 0 spiro atoms. The van der Waals surface area contributed by atoms with E-state index in [4.69, 9.17) is 17.0 Å². The van der Waals surface area contributed by atoms with Gasteiger partial charge >= 0.3 is 0 Å². The molecule has 2 aromatic carbocycles. The van der Waals surface area contributed by atoms with Gasteiger partial charge in [-0.05, 0) is 62.5 Å². The van der Waals surface area contributed by atoms with Crippen LogP contribution in [-0.4, -0.2) is 23.0 Å². The highest BCUT2D eigenvalue weighted by Gasteiger charge is 2.14. The molecule has 7 heteroatoms. The Hall–Kier alpha value is -2.93. The third kappa shape index (κ3) is 6.35. The van der Waals surface area contributed by atoms with Crippen LogP contribution in [-0.2, 0) is 4.79 Å². The molecular weight excluding hydrogens is 374 g/mol. The molecule has 0 saturated carbocycles. The van der Waals surface area contributed by atoms with Gasteiger partial charge in [0, 0.05) is 17.3 Å². The molecule has 0 heterocycles. The Kier molecular flexibility index (Phi) is 7.52. The van der Waals surface area contributed by atoms with E-state index < -0.39 is 0 Å². The third-order valence-electron chi connectivity index (χ3n) is 3.66. The first kappa shape index (κ1) is 21.4. The van der Waals surface area contributed by atoms with Gasteiger partial charge in [0.05, 0.1) is 11.7 Å². The van der Waals surface area contributed by atoms with Crippen molar-refractivity contribution in [2.45, 2.75) is 33.8 Å². The van der Waals surface area contributed by atoms with Crippen LogP contribution in [0.2, 0.25) is 0 Å². The van der Waals surface area contributed by atoms with E-state index >= 15 is 0 Å². The number of carbonyl (C=O) groups excluding carboxylic acids is 2. The quantitative estimate of drug-likeness (QED) is 0.635. The minimum atomic E-state index is -0.352. The summed E-state index contributed by atoms with van der Waals surface area (Å²) in [7, 11) is 0. The first-order valence-corrected chi connectivity index (χ1v) is 9.46. The maximum atomic E-state index is 12.5. The Balaban J connectivity index is 1.97. The van der Waals surface area contributed by atoms with Crippen LogP contribution in [0.25, 0.3) is 0 Å². The summed E-state index contributed by atoms with van der Waals surface area (Å²) in [4.78, 5) is 24.2. The summed E-state index contributed by atoms with van der Waals surface area (Å²) in [6, 6.07) is 14.1. The van der Waals surface area contributed by atoms with E-state index in [1.54, 1.807) is 42.5 Å². The molecule has 6 nitrogen and oxygen atoms in total. The van der Waals surface area contributed by atoms with Crippen molar-refractivity contribution in [3.05, 3.63) is 54.1 Å². The van der Waals surface area contributed by atoms with Crippen molar-refractivity contribution in [2.75, 3.05) is 10.6 Å². The highest BCUT2D eigenvalue weighted by Crippen LogP contribution is 2.19. The monoisotopic (exact) mass is 399 g/mol. The third-order valence-corrected chi connectivity index (χ3v) is 3.86. The van der Waals surface area contributed by atoms with Crippen LogP contribution < -0.4 is 20.7 Å². The maximum absolute atomic E-state index is 12.5. The lowest BCUT2D eigenvalue weighted by Crippen LogP contribution is -2.34. The Morgan fingerprint density at radius 1 is 0.893 bits per heavy atom. The van der Waals surface area contributed by atoms with Gasteiger partial charge in [-0.1, -0.05) is 26.0 Å². The first-order valence-electron chi connectivity index (χ1n) is 9.05. The van der Waals surface area contributed by atoms with Crippen LogP contribution in [0.3, 0.4) is 0 Å². The Morgan fingerprint density at radius 3 is 2.04 bits per heavy atom. The molecule has 2 rings (SSSR count). The lowest BCUT2D eigenvalue weighted by atomic mass is 10.2. The van der Waals surface area contributed by atoms with E-state index in [2.05, 4.69) is 16.0 Å². The minimum absolute atomic E-state index is 0.0475. The maximum Gasteiger partial charge on any atom is 0.261 e. The second-order valence-corrected chi connectivity index (χ2v) is 7.20. The van der Waals surface area contributed by atoms with Gasteiger partial charge in [-0.15, -0.1) is 0 Å². The molecule has 0 aliphatic rings. The molecule has 148 valence electrons. The molecule has 0 fully saturated rings. The number of amides is 2. The molecule has 2 amide bonds. The SMILES string of the molecule is CC(C)Oc1ccccc1C(=O)NC(=S)Nc1ccc(NC(=O)C(C)C)cc1. The molecule has 0 radical (unpaired) electrons. The Labute approximate surface area is 170 Å². The molecule has 0 saturated heterocycles. The molecule has 0 bridgehead atoms. The zero-order valence-corrected chi connectivity index (χ0v) is 17.2. The molecule has 0 aliphatic heterocycles. The smallest absolute Gasteiger partial charge is 0.261 e. The normalized spacial score (nSPS) is 10.5. The summed E-state index contributed by atoms with van der Waals surface area (Å²) in [6.07, 6.45) is -0.0475. The highest BCUT2D eigenvalue weighted by molar-refractivity contribution is 7.80. The molecule has 3 N–H and O–H groups in total. The van der Waals surface area contributed by atoms with Crippen molar-refractivity contribution in [3.63, 3.8) is 0 Å². The van der Waals surface area contributed by atoms with Crippen LogP contribution in [0.5, 0.6) is 5.75 Å². The van der Waals surface area contributed by atoms with Crippen LogP contribution in [0.1, 0.15) is 38.1 Å². The molecule has 2 aromatic rings. The number of carbonyl (C=O) groups is 2. The van der Waals surface area contributed by atoms with E-state index in [-0.39, 0.29) is 28.9 Å². The Bertz CT molecular complexity index is 848. The summed E-state index contributed by atoms with van der Waals surface area (Å²) < 4.78 is 5.67. The lowest BCUT2D eigenvalue weighted by molar-refractivity contribution is -0.118. The number of anilines is 2. The lowest BCUT2D eigenvalue weighted by Gasteiger charge is -2.15. The van der Waals surface area contributed by atoms with Gasteiger partial charge in [0.15, 0.2) is 5.11 Å². The highest BCUT2D eigenvalue weighted by atomic mass is 32.1. The standard InChI is InChI=1S/C21H25N3O3S/c1-13(2)19(25)22-15-9-11-16(12-10-15)23-21(28)24-20(26)17-7-5-6-8-18(17)27-14(3)4/h5-14H,1-4H3,(H,22,25)(H2,23,24,26,28). The predicted octanol–water partition coefficient (Wildman–Crippen LogP) is 4.20. The number of thiocarbonyl (C=S) groups is 1. The van der Waals surface area contributed by atoms with Gasteiger partial charge in [-0.3, -0.25) is 14.9 Å². The van der Waals surface area contributed by atoms with Gasteiger partial charge in [0.2, 0.25) is 5.91 Å². The average Bonchev–Trinajstić information content (AvgIpc) is 2.63. The summed E-state index contributed by atoms with van der Waals surface area (Å²) in [5, 5.41) is 8.59. The van der Waals surface area contributed by atoms with Crippen LogP contribution in [0.4, 0.5) is 11.4 Å². The van der Waals surface area contributed by atoms with Gasteiger partial charge in [-0.25, -0.2) is 0 Å². The number of hydrogen-bond acceptors (Lipinski definition) is 4. The largest absolute Gasteiger partial charge is 0.490 e. The summed E-state index contributed by atoms with van der Waals surface area (Å²) in [5.41, 5.74) is 1.80. The van der Waals surface area contributed by atoms with Crippen LogP contribution in [0, 0.1) is 5.92 Å². The minimum Gasteiger partial charge on any atom is -0.490 e. The zero-order chi connectivity index (χ0) is 20.7. The van der Waals surface area contributed by atoms with E-state index in [9.17, 15) is 9.59 Å². The molecule has 0 aromatic heterocycles. The van der Waals surface area contributed by atoms with Gasteiger partial charge < -0.3 is 15.4 Å². The second-order valence-electron chi connectivity index (χ2n) is 6.79. The molecule has 0 atom stereocenters. The van der Waals surface area contributed by atoms with Gasteiger partial charge in [0.25, 0.3) is 5.91 Å². The van der Waals surface area contributed by atoms with E-state index in [1.165, 1.54) is 0 Å². The fourth-order valence-electron chi connectivity index (χ4n) is 2.27. The van der Waals surface area contributed by atoms with E-state index in [0.29, 0.717) is 22.7 Å². The predicted molar refractivity (Wildman–Crippen MR) is 116 cm³/mol. The zero-order valence-electron chi connectivity index (χ0n) is 16.4. The van der Waals surface area contributed by atoms with Crippen molar-refractivity contribution in [1.82, 2.24) is 5.32 Å². The van der Waals surface area contributed by atoms with Gasteiger partial charge in [-0.2, -0.15) is 0 Å². The summed E-state index contributed by atoms with van der Waals surface area (Å²) in [6.45, 7) is 7.45. The fraction of sp³-hybridized carbons (Fsp3) is 0.286. The number of ether oxygens (including phenoxy) is 1. The molecule has 28 heavy (non-hydrogen) atoms. The van der Waals surface area contributed by atoms with Crippen LogP contribution >= 0.6 is 12.2 Å². The number of rotatable bonds is 6. The molecular formula is C21H25N3O3S. The van der Waals surface area contributed by atoms with Crippen LogP contribution in [0.15, 0.2) is 48.5 Å². The first-order chi connectivity index (χ1) is 13.3. The topological polar surface area (TPSA) is 79.5 Å². The average molecular weight is 400 g/mol. The molecule has 0 unspecified atom stereocenters. The number of nitrogens with one attached hydrogen (secondary N) is 3. The van der Waals surface area contributed by atoms with Crippen molar-refractivity contribution in [1.29, 1.82) is 0 Å². The van der Waals surface area contributed by atoms with Crippen molar-refractivity contribution in [2.24, 2.45) is 5.92 Å². The van der Waals surface area contributed by atoms with Gasteiger partial charge in [0.1, 0.15) is 5.75 Å². The number of benzene rings is 2. The van der Waals surface area contributed by atoms with E-state index in [1.807, 2.05) is 33.8 Å². The number of hydrogen-bond donors (Lipinski definition) is 3. The number of para-hydroxylation sites is 1. The van der Waals surface area contributed by atoms with E-state index in [0.717, 1.165) is 0 Å². The summed E-state index contributed by atoms with van der Waals surface area (Å²) in [5.74, 6) is 0.00605. The summed E-state index contributed by atoms with van der Waals surface area (Å²) >= 11 is 5.23.